The van der Waals surface area contributed by atoms with E-state index in [0.717, 1.165) is 49.5 Å². The molecule has 0 unspecified atom stereocenters. The van der Waals surface area contributed by atoms with E-state index in [4.69, 9.17) is 14.2 Å². The minimum absolute atomic E-state index is 0.106. The SMILES string of the molecule is CCOc1ccc2nc(NC(=O)Cc3cn(Cc4cc(OC)cc(OC)c4)c4ccccc34)sc2c1. The Bertz CT molecular complexity index is 1520. The first-order chi connectivity index (χ1) is 17.6. The fourth-order valence-electron chi connectivity index (χ4n) is 4.30. The maximum Gasteiger partial charge on any atom is 0.230 e. The minimum Gasteiger partial charge on any atom is -0.497 e. The lowest BCUT2D eigenvalue weighted by molar-refractivity contribution is -0.115. The number of carbonyl (C=O) groups excluding carboxylic acids is 1. The van der Waals surface area contributed by atoms with Crippen molar-refractivity contribution < 1.29 is 19.0 Å². The Hall–Kier alpha value is -4.04. The maximum absolute atomic E-state index is 13.0. The zero-order valence-corrected chi connectivity index (χ0v) is 21.2. The number of hydrogen-bond acceptors (Lipinski definition) is 6. The summed E-state index contributed by atoms with van der Waals surface area (Å²) in [5.41, 5.74) is 3.90. The molecule has 1 N–H and O–H groups in total. The Morgan fingerprint density at radius 3 is 2.53 bits per heavy atom. The van der Waals surface area contributed by atoms with Gasteiger partial charge >= 0.3 is 0 Å². The highest BCUT2D eigenvalue weighted by molar-refractivity contribution is 7.22. The van der Waals surface area contributed by atoms with Crippen LogP contribution in [0.4, 0.5) is 5.13 Å². The Morgan fingerprint density at radius 2 is 1.78 bits per heavy atom. The van der Waals surface area contributed by atoms with E-state index in [-0.39, 0.29) is 12.3 Å². The van der Waals surface area contributed by atoms with Gasteiger partial charge < -0.3 is 24.1 Å². The summed E-state index contributed by atoms with van der Waals surface area (Å²) in [6, 6.07) is 19.7. The number of fused-ring (bicyclic) bond motifs is 2. The highest BCUT2D eigenvalue weighted by Crippen LogP contribution is 2.30. The van der Waals surface area contributed by atoms with Crippen LogP contribution in [0.15, 0.2) is 66.9 Å². The fourth-order valence-corrected chi connectivity index (χ4v) is 5.21. The first kappa shape index (κ1) is 23.7. The number of carbonyl (C=O) groups is 1. The van der Waals surface area contributed by atoms with Crippen molar-refractivity contribution in [2.45, 2.75) is 19.9 Å². The van der Waals surface area contributed by atoms with E-state index in [0.29, 0.717) is 18.3 Å². The lowest BCUT2D eigenvalue weighted by atomic mass is 10.1. The number of anilines is 1. The van der Waals surface area contributed by atoms with Crippen LogP contribution in [0.2, 0.25) is 0 Å². The predicted octanol–water partition coefficient (Wildman–Crippen LogP) is 5.90. The number of aromatic nitrogens is 2. The number of benzene rings is 3. The van der Waals surface area contributed by atoms with Crippen molar-refractivity contribution in [2.75, 3.05) is 26.1 Å². The van der Waals surface area contributed by atoms with Crippen LogP contribution in [-0.4, -0.2) is 36.3 Å². The molecule has 184 valence electrons. The Balaban J connectivity index is 1.37. The van der Waals surface area contributed by atoms with Gasteiger partial charge in [-0.2, -0.15) is 0 Å². The van der Waals surface area contributed by atoms with Gasteiger partial charge in [0, 0.05) is 29.7 Å². The number of ether oxygens (including phenoxy) is 3. The molecule has 0 aliphatic carbocycles. The quantitative estimate of drug-likeness (QED) is 0.272. The zero-order valence-electron chi connectivity index (χ0n) is 20.4. The smallest absolute Gasteiger partial charge is 0.230 e. The summed E-state index contributed by atoms with van der Waals surface area (Å²) in [4.78, 5) is 17.5. The lowest BCUT2D eigenvalue weighted by Gasteiger charge is -2.10. The molecule has 0 spiro atoms. The highest BCUT2D eigenvalue weighted by Gasteiger charge is 2.15. The average molecular weight is 502 g/mol. The third kappa shape index (κ3) is 4.99. The first-order valence-electron chi connectivity index (χ1n) is 11.7. The summed E-state index contributed by atoms with van der Waals surface area (Å²) in [7, 11) is 3.29. The molecule has 0 saturated heterocycles. The lowest BCUT2D eigenvalue weighted by Crippen LogP contribution is -2.14. The van der Waals surface area contributed by atoms with E-state index in [1.807, 2.05) is 67.7 Å². The van der Waals surface area contributed by atoms with Crippen LogP contribution in [-0.2, 0) is 17.8 Å². The summed E-state index contributed by atoms with van der Waals surface area (Å²) < 4.78 is 19.5. The van der Waals surface area contributed by atoms with E-state index in [9.17, 15) is 4.79 Å². The molecule has 0 radical (unpaired) electrons. The van der Waals surface area contributed by atoms with Gasteiger partial charge in [-0.25, -0.2) is 4.98 Å². The van der Waals surface area contributed by atoms with Crippen molar-refractivity contribution >= 4 is 43.5 Å². The molecule has 7 nitrogen and oxygen atoms in total. The van der Waals surface area contributed by atoms with E-state index in [1.165, 1.54) is 11.3 Å². The van der Waals surface area contributed by atoms with Gasteiger partial charge in [0.1, 0.15) is 17.2 Å². The second-order valence-electron chi connectivity index (χ2n) is 8.33. The summed E-state index contributed by atoms with van der Waals surface area (Å²) in [6.45, 7) is 3.18. The molecule has 5 aromatic rings. The highest BCUT2D eigenvalue weighted by atomic mass is 32.1. The molecule has 3 aromatic carbocycles. The van der Waals surface area contributed by atoms with E-state index in [2.05, 4.69) is 20.9 Å². The first-order valence-corrected chi connectivity index (χ1v) is 12.5. The number of rotatable bonds is 9. The molecule has 1 amide bonds. The molecular formula is C28H27N3O4S. The van der Waals surface area contributed by atoms with Gasteiger partial charge in [0.25, 0.3) is 0 Å². The number of nitrogens with zero attached hydrogens (tertiary/aromatic N) is 2. The fraction of sp³-hybridized carbons (Fsp3) is 0.214. The minimum atomic E-state index is -0.106. The molecule has 0 aliphatic heterocycles. The van der Waals surface area contributed by atoms with Crippen LogP contribution >= 0.6 is 11.3 Å². The predicted molar refractivity (Wildman–Crippen MR) is 144 cm³/mol. The van der Waals surface area contributed by atoms with Crippen LogP contribution in [0.5, 0.6) is 17.2 Å². The average Bonchev–Trinajstić information content (AvgIpc) is 3.44. The largest absolute Gasteiger partial charge is 0.497 e. The molecule has 0 fully saturated rings. The Labute approximate surface area is 213 Å². The molecule has 0 saturated carbocycles. The second-order valence-corrected chi connectivity index (χ2v) is 9.36. The van der Waals surface area contributed by atoms with Crippen molar-refractivity contribution in [3.63, 3.8) is 0 Å². The van der Waals surface area contributed by atoms with Crippen LogP contribution in [0, 0.1) is 0 Å². The van der Waals surface area contributed by atoms with E-state index < -0.39 is 0 Å². The normalized spacial score (nSPS) is 11.1. The monoisotopic (exact) mass is 501 g/mol. The zero-order chi connectivity index (χ0) is 25.1. The van der Waals surface area contributed by atoms with Gasteiger partial charge in [0.2, 0.25) is 5.91 Å². The van der Waals surface area contributed by atoms with Crippen molar-refractivity contribution in [3.05, 3.63) is 78.0 Å². The topological polar surface area (TPSA) is 74.6 Å². The van der Waals surface area contributed by atoms with Crippen LogP contribution < -0.4 is 19.5 Å². The Morgan fingerprint density at radius 1 is 1.00 bits per heavy atom. The molecular weight excluding hydrogens is 474 g/mol. The maximum atomic E-state index is 13.0. The molecule has 36 heavy (non-hydrogen) atoms. The van der Waals surface area contributed by atoms with Crippen molar-refractivity contribution in [2.24, 2.45) is 0 Å². The molecule has 2 heterocycles. The van der Waals surface area contributed by atoms with Gasteiger partial charge in [-0.3, -0.25) is 4.79 Å². The summed E-state index contributed by atoms with van der Waals surface area (Å²) in [6.07, 6.45) is 2.29. The standard InChI is InChI=1S/C28H27N3O4S/c1-4-35-20-9-10-24-26(15-20)36-28(29-24)30-27(32)13-19-17-31(25-8-6-5-7-23(19)25)16-18-11-21(33-2)14-22(12-18)34-3/h5-12,14-15,17H,4,13,16H2,1-3H3,(H,29,30,32). The second kappa shape index (κ2) is 10.3. The molecule has 5 rings (SSSR count). The third-order valence-electron chi connectivity index (χ3n) is 5.90. The Kier molecular flexibility index (Phi) is 6.77. The number of nitrogens with one attached hydrogen (secondary N) is 1. The number of para-hydroxylation sites is 1. The van der Waals surface area contributed by atoms with E-state index >= 15 is 0 Å². The third-order valence-corrected chi connectivity index (χ3v) is 6.84. The molecule has 0 aliphatic rings. The number of thiazole rings is 1. The van der Waals surface area contributed by atoms with Crippen molar-refractivity contribution in [3.8, 4) is 17.2 Å². The number of amides is 1. The van der Waals surface area contributed by atoms with Gasteiger partial charge in [0.05, 0.1) is 37.5 Å². The van der Waals surface area contributed by atoms with Crippen LogP contribution in [0.1, 0.15) is 18.1 Å². The van der Waals surface area contributed by atoms with E-state index in [1.54, 1.807) is 14.2 Å². The van der Waals surface area contributed by atoms with Crippen LogP contribution in [0.25, 0.3) is 21.1 Å². The molecule has 0 atom stereocenters. The molecule has 0 bridgehead atoms. The van der Waals surface area contributed by atoms with Crippen molar-refractivity contribution in [1.29, 1.82) is 0 Å². The summed E-state index contributed by atoms with van der Waals surface area (Å²) >= 11 is 1.44. The number of hydrogen-bond donors (Lipinski definition) is 1. The van der Waals surface area contributed by atoms with Crippen molar-refractivity contribution in [1.82, 2.24) is 9.55 Å². The summed E-state index contributed by atoms with van der Waals surface area (Å²) in [5, 5.41) is 4.60. The molecule has 8 heteroatoms. The van der Waals surface area contributed by atoms with Gasteiger partial charge in [-0.05, 0) is 54.4 Å². The molecule has 2 aromatic heterocycles. The number of methoxy groups -OCH3 is 2. The van der Waals surface area contributed by atoms with Crippen LogP contribution in [0.3, 0.4) is 0 Å². The van der Waals surface area contributed by atoms with Gasteiger partial charge in [0.15, 0.2) is 5.13 Å². The summed E-state index contributed by atoms with van der Waals surface area (Å²) in [5.74, 6) is 2.17. The van der Waals surface area contributed by atoms with Gasteiger partial charge in [-0.15, -0.1) is 0 Å². The van der Waals surface area contributed by atoms with Gasteiger partial charge in [-0.1, -0.05) is 29.5 Å².